The monoisotopic (exact) mass is 450 g/mol. The van der Waals surface area contributed by atoms with Gasteiger partial charge in [0, 0.05) is 25.8 Å². The van der Waals surface area contributed by atoms with Crippen LogP contribution in [0, 0.1) is 69.2 Å². The van der Waals surface area contributed by atoms with E-state index in [4.69, 9.17) is 0 Å². The van der Waals surface area contributed by atoms with E-state index in [9.17, 15) is 0 Å². The summed E-state index contributed by atoms with van der Waals surface area (Å²) < 4.78 is 0. The summed E-state index contributed by atoms with van der Waals surface area (Å²) in [6.45, 7) is 22.0. The molecule has 0 spiro atoms. The van der Waals surface area contributed by atoms with Gasteiger partial charge in [0.15, 0.2) is 0 Å². The van der Waals surface area contributed by atoms with Crippen molar-refractivity contribution in [1.82, 2.24) is 0 Å². The van der Waals surface area contributed by atoms with Crippen LogP contribution in [0.5, 0.6) is 0 Å². The van der Waals surface area contributed by atoms with Crippen molar-refractivity contribution in [3.05, 3.63) is 55.6 Å². The van der Waals surface area contributed by atoms with Gasteiger partial charge in [-0.15, -0.1) is 0 Å². The van der Waals surface area contributed by atoms with Crippen LogP contribution in [0.2, 0.25) is 0 Å². The van der Waals surface area contributed by atoms with Crippen LogP contribution in [-0.4, -0.2) is 0 Å². The molecule has 0 aromatic heterocycles. The number of hydrogen-bond acceptors (Lipinski definition) is 0. The fourth-order valence-electron chi connectivity index (χ4n) is 2.81. The molecule has 0 fully saturated rings. The molecule has 0 amide bonds. The van der Waals surface area contributed by atoms with E-state index in [-0.39, 0.29) is 25.8 Å². The topological polar surface area (TPSA) is 0 Å². The molecule has 0 radical (unpaired) electrons. The molecule has 2 aromatic rings. The zero-order valence-corrected chi connectivity index (χ0v) is 19.1. The molecule has 0 saturated heterocycles. The normalized spacial score (nSPS) is 10.0. The summed E-state index contributed by atoms with van der Waals surface area (Å²) in [6, 6.07) is 0. The molecule has 0 nitrogen and oxygen atoms in total. The average molecular weight is 449 g/mol. The molecule has 0 atom stereocenters. The Morgan fingerprint density at radius 2 is 0.571 bits per heavy atom. The second-order valence-electron chi connectivity index (χ2n) is 6.25. The predicted octanol–water partition coefficient (Wildman–Crippen LogP) is 5.89. The second kappa shape index (κ2) is 7.72. The fourth-order valence-corrected chi connectivity index (χ4v) is 2.81. The molecule has 0 aliphatic heterocycles. The second-order valence-corrected chi connectivity index (χ2v) is 6.25. The van der Waals surface area contributed by atoms with Crippen molar-refractivity contribution in [1.29, 1.82) is 0 Å². The third-order valence-corrected chi connectivity index (χ3v) is 5.62. The van der Waals surface area contributed by atoms with Gasteiger partial charge in [-0.25, -0.2) is 0 Å². The smallest absolute Gasteiger partial charge is 0 e. The van der Waals surface area contributed by atoms with Crippen LogP contribution in [0.1, 0.15) is 55.6 Å². The molecule has 0 saturated carbocycles. The van der Waals surface area contributed by atoms with E-state index in [1.54, 1.807) is 0 Å². The number of rotatable bonds is 0. The Hall–Kier alpha value is -0.430. The minimum absolute atomic E-state index is 0. The Balaban J connectivity index is 0.000000364. The predicted molar refractivity (Wildman–Crippen MR) is 91.4 cm³/mol. The van der Waals surface area contributed by atoms with Gasteiger partial charge in [0.25, 0.3) is 0 Å². The van der Waals surface area contributed by atoms with E-state index in [2.05, 4.69) is 69.2 Å². The van der Waals surface area contributed by atoms with Crippen molar-refractivity contribution < 1.29 is 25.8 Å². The van der Waals surface area contributed by atoms with Crippen LogP contribution in [0.15, 0.2) is 0 Å². The zero-order chi connectivity index (χ0) is 15.8. The molecular formula is C20H30Hf-2. The molecule has 0 aliphatic rings. The molecule has 116 valence electrons. The molecule has 0 heterocycles. The van der Waals surface area contributed by atoms with Crippen LogP contribution in [-0.2, 0) is 25.8 Å². The maximum atomic E-state index is 2.20. The SMILES string of the molecule is Cc1c(C)c(C)[c-](C)c1C.Cc1c(C)c(C)[c-](C)c1C.[Hf]. The molecule has 2 rings (SSSR count). The summed E-state index contributed by atoms with van der Waals surface area (Å²) in [7, 11) is 0. The van der Waals surface area contributed by atoms with Crippen LogP contribution in [0.3, 0.4) is 0 Å². The third-order valence-electron chi connectivity index (χ3n) is 5.62. The average Bonchev–Trinajstić information content (AvgIpc) is 2.71. The quantitative estimate of drug-likeness (QED) is 0.348. The van der Waals surface area contributed by atoms with Crippen LogP contribution in [0.25, 0.3) is 0 Å². The Labute approximate surface area is 150 Å². The summed E-state index contributed by atoms with van der Waals surface area (Å²) in [6.07, 6.45) is 0. The van der Waals surface area contributed by atoms with Crippen LogP contribution in [0.4, 0.5) is 0 Å². The third kappa shape index (κ3) is 3.86. The Bertz CT molecular complexity index is 404. The van der Waals surface area contributed by atoms with Gasteiger partial charge in [0.1, 0.15) is 0 Å². The first-order chi connectivity index (χ1) is 9.11. The first-order valence-corrected chi connectivity index (χ1v) is 7.50. The molecule has 1 heteroatoms. The summed E-state index contributed by atoms with van der Waals surface area (Å²) >= 11 is 0. The van der Waals surface area contributed by atoms with Crippen molar-refractivity contribution in [2.24, 2.45) is 0 Å². The standard InChI is InChI=1S/2C10H15.Hf/c2*1-6-7(2)9(4)10(5)8(6)3;/h2*1-5H3;/q2*-1;. The molecule has 0 unspecified atom stereocenters. The van der Waals surface area contributed by atoms with E-state index in [0.29, 0.717) is 0 Å². The Morgan fingerprint density at radius 3 is 0.619 bits per heavy atom. The van der Waals surface area contributed by atoms with Crippen LogP contribution >= 0.6 is 0 Å². The van der Waals surface area contributed by atoms with Gasteiger partial charge in [0.05, 0.1) is 0 Å². The molecule has 0 aliphatic carbocycles. The molecule has 0 N–H and O–H groups in total. The van der Waals surface area contributed by atoms with E-state index < -0.39 is 0 Å². The van der Waals surface area contributed by atoms with Crippen LogP contribution < -0.4 is 0 Å². The Kier molecular flexibility index (Phi) is 7.56. The molecular weight excluding hydrogens is 419 g/mol. The summed E-state index contributed by atoms with van der Waals surface area (Å²) in [4.78, 5) is 0. The van der Waals surface area contributed by atoms with Gasteiger partial charge in [-0.05, 0) is 0 Å². The van der Waals surface area contributed by atoms with Crippen molar-refractivity contribution >= 4 is 0 Å². The van der Waals surface area contributed by atoms with Crippen molar-refractivity contribution in [2.45, 2.75) is 69.2 Å². The van der Waals surface area contributed by atoms with Gasteiger partial charge < -0.3 is 0 Å². The zero-order valence-electron chi connectivity index (χ0n) is 15.5. The molecule has 2 aromatic carbocycles. The van der Waals surface area contributed by atoms with E-state index in [0.717, 1.165) is 0 Å². The number of hydrogen-bond donors (Lipinski definition) is 0. The van der Waals surface area contributed by atoms with E-state index >= 15 is 0 Å². The minimum Gasteiger partial charge on any atom is -0.196 e. The summed E-state index contributed by atoms with van der Waals surface area (Å²) in [5.74, 6) is 0. The van der Waals surface area contributed by atoms with Gasteiger partial charge >= 0.3 is 0 Å². The fraction of sp³-hybridized carbons (Fsp3) is 0.500. The summed E-state index contributed by atoms with van der Waals surface area (Å²) in [5, 5.41) is 0. The van der Waals surface area contributed by atoms with E-state index in [1.807, 2.05) is 0 Å². The van der Waals surface area contributed by atoms with Crippen molar-refractivity contribution in [2.75, 3.05) is 0 Å². The van der Waals surface area contributed by atoms with Crippen molar-refractivity contribution in [3.8, 4) is 0 Å². The largest absolute Gasteiger partial charge is 0.196 e. The molecule has 21 heavy (non-hydrogen) atoms. The maximum Gasteiger partial charge on any atom is 0 e. The first-order valence-electron chi connectivity index (χ1n) is 7.50. The summed E-state index contributed by atoms with van der Waals surface area (Å²) in [5.41, 5.74) is 14.7. The van der Waals surface area contributed by atoms with Gasteiger partial charge in [-0.3, -0.25) is 0 Å². The molecule has 0 bridgehead atoms. The van der Waals surface area contributed by atoms with Crippen molar-refractivity contribution in [3.63, 3.8) is 0 Å². The maximum absolute atomic E-state index is 2.20. The van der Waals surface area contributed by atoms with Gasteiger partial charge in [-0.2, -0.15) is 55.6 Å². The van der Waals surface area contributed by atoms with Gasteiger partial charge in [0.2, 0.25) is 0 Å². The minimum atomic E-state index is 0. The van der Waals surface area contributed by atoms with E-state index in [1.165, 1.54) is 55.6 Å². The first kappa shape index (κ1) is 20.6. The van der Waals surface area contributed by atoms with Gasteiger partial charge in [-0.1, -0.05) is 69.2 Å². The Morgan fingerprint density at radius 1 is 0.429 bits per heavy atom.